The maximum Gasteiger partial charge on any atom is 0.261 e. The zero-order valence-corrected chi connectivity index (χ0v) is 19.2. The van der Waals surface area contributed by atoms with Crippen LogP contribution in [0.3, 0.4) is 0 Å². The van der Waals surface area contributed by atoms with Crippen molar-refractivity contribution in [1.29, 1.82) is 0 Å². The number of hydrogen-bond acceptors (Lipinski definition) is 4. The number of halogens is 2. The number of morpholine rings is 1. The molecular weight excluding hydrogens is 439 g/mol. The van der Waals surface area contributed by atoms with Crippen LogP contribution in [0.1, 0.15) is 36.7 Å². The normalized spacial score (nSPS) is 19.6. The number of benzene rings is 2. The fraction of sp³-hybridized carbons (Fsp3) is 0.391. The summed E-state index contributed by atoms with van der Waals surface area (Å²) in [6.07, 6.45) is -0.677. The lowest BCUT2D eigenvalue weighted by atomic mass is 10.1. The SMILES string of the molecule is CC1CN(C(=O)c2ccc(CNC(=O)C(C)Oc3cc(Cl)cc(Cl)c3)cc2)CC(C)O1. The van der Waals surface area contributed by atoms with E-state index in [-0.39, 0.29) is 24.0 Å². The molecule has 3 rings (SSSR count). The summed E-state index contributed by atoms with van der Waals surface area (Å²) in [5.74, 6) is 0.141. The standard InChI is InChI=1S/C23H26Cl2N2O4/c1-14-12-27(13-15(2)30-14)23(29)18-6-4-17(5-7-18)11-26-22(28)16(3)31-21-9-19(24)8-20(25)10-21/h4-10,14-16H,11-13H2,1-3H3,(H,26,28). The van der Waals surface area contributed by atoms with E-state index >= 15 is 0 Å². The highest BCUT2D eigenvalue weighted by molar-refractivity contribution is 6.34. The number of hydrogen-bond donors (Lipinski definition) is 1. The molecule has 2 aromatic rings. The molecule has 1 aliphatic rings. The van der Waals surface area contributed by atoms with Crippen molar-refractivity contribution in [2.24, 2.45) is 0 Å². The average Bonchev–Trinajstić information content (AvgIpc) is 2.70. The lowest BCUT2D eigenvalue weighted by Gasteiger charge is -2.35. The van der Waals surface area contributed by atoms with E-state index in [1.807, 2.05) is 30.9 Å². The third kappa shape index (κ3) is 6.60. The highest BCUT2D eigenvalue weighted by Gasteiger charge is 2.26. The van der Waals surface area contributed by atoms with Gasteiger partial charge in [-0.1, -0.05) is 35.3 Å². The van der Waals surface area contributed by atoms with Gasteiger partial charge >= 0.3 is 0 Å². The van der Waals surface area contributed by atoms with Gasteiger partial charge in [-0.15, -0.1) is 0 Å². The maximum atomic E-state index is 12.7. The van der Waals surface area contributed by atoms with Crippen molar-refractivity contribution in [2.75, 3.05) is 13.1 Å². The largest absolute Gasteiger partial charge is 0.481 e. The van der Waals surface area contributed by atoms with E-state index in [9.17, 15) is 9.59 Å². The molecule has 1 saturated heterocycles. The molecule has 3 unspecified atom stereocenters. The molecule has 3 atom stereocenters. The third-order valence-corrected chi connectivity index (χ3v) is 5.33. The Bertz CT molecular complexity index is 905. The zero-order valence-electron chi connectivity index (χ0n) is 17.7. The summed E-state index contributed by atoms with van der Waals surface area (Å²) in [6.45, 7) is 7.06. The molecule has 0 saturated carbocycles. The molecule has 6 nitrogen and oxygen atoms in total. The van der Waals surface area contributed by atoms with Gasteiger partial charge in [-0.3, -0.25) is 9.59 Å². The molecule has 0 radical (unpaired) electrons. The van der Waals surface area contributed by atoms with E-state index < -0.39 is 6.10 Å². The number of carbonyl (C=O) groups is 2. The van der Waals surface area contributed by atoms with E-state index in [0.717, 1.165) is 5.56 Å². The first-order valence-electron chi connectivity index (χ1n) is 10.2. The average molecular weight is 465 g/mol. The number of ether oxygens (including phenoxy) is 2. The highest BCUT2D eigenvalue weighted by Crippen LogP contribution is 2.25. The molecule has 2 amide bonds. The molecule has 0 aliphatic carbocycles. The Morgan fingerprint density at radius 3 is 2.26 bits per heavy atom. The molecular formula is C23H26Cl2N2O4. The number of nitrogens with one attached hydrogen (secondary N) is 1. The predicted molar refractivity (Wildman–Crippen MR) is 121 cm³/mol. The van der Waals surface area contributed by atoms with E-state index in [4.69, 9.17) is 32.7 Å². The summed E-state index contributed by atoms with van der Waals surface area (Å²) >= 11 is 11.9. The predicted octanol–water partition coefficient (Wildman–Crippen LogP) is 4.33. The Balaban J connectivity index is 1.52. The van der Waals surface area contributed by atoms with Gasteiger partial charge in [-0.05, 0) is 56.7 Å². The van der Waals surface area contributed by atoms with E-state index in [0.29, 0.717) is 41.0 Å². The highest BCUT2D eigenvalue weighted by atomic mass is 35.5. The molecule has 1 heterocycles. The summed E-state index contributed by atoms with van der Waals surface area (Å²) in [6, 6.07) is 12.0. The summed E-state index contributed by atoms with van der Waals surface area (Å²) < 4.78 is 11.3. The van der Waals surface area contributed by atoms with Gasteiger partial charge in [0.15, 0.2) is 6.10 Å². The summed E-state index contributed by atoms with van der Waals surface area (Å²) in [4.78, 5) is 26.9. The molecule has 0 spiro atoms. The van der Waals surface area contributed by atoms with Gasteiger partial charge in [-0.2, -0.15) is 0 Å². The van der Waals surface area contributed by atoms with Crippen molar-refractivity contribution < 1.29 is 19.1 Å². The quantitative estimate of drug-likeness (QED) is 0.690. The minimum absolute atomic E-state index is 0.0141. The van der Waals surface area contributed by atoms with E-state index in [1.165, 1.54) is 0 Å². The molecule has 0 bridgehead atoms. The van der Waals surface area contributed by atoms with Gasteiger partial charge in [0.05, 0.1) is 12.2 Å². The van der Waals surface area contributed by atoms with Crippen molar-refractivity contribution in [3.05, 3.63) is 63.6 Å². The van der Waals surface area contributed by atoms with E-state index in [1.54, 1.807) is 37.3 Å². The number of carbonyl (C=O) groups excluding carboxylic acids is 2. The molecule has 1 fully saturated rings. The van der Waals surface area contributed by atoms with Crippen molar-refractivity contribution >= 4 is 35.0 Å². The Labute approximate surface area is 192 Å². The number of nitrogens with zero attached hydrogens (tertiary/aromatic N) is 1. The molecule has 31 heavy (non-hydrogen) atoms. The van der Waals surface area contributed by atoms with Crippen LogP contribution in [-0.4, -0.2) is 48.1 Å². The van der Waals surface area contributed by atoms with Gasteiger partial charge < -0.3 is 19.7 Å². The van der Waals surface area contributed by atoms with Gasteiger partial charge in [0.2, 0.25) is 0 Å². The van der Waals surface area contributed by atoms with Crippen LogP contribution >= 0.6 is 23.2 Å². The van der Waals surface area contributed by atoms with Gasteiger partial charge in [0.25, 0.3) is 11.8 Å². The molecule has 1 N–H and O–H groups in total. The van der Waals surface area contributed by atoms with Crippen molar-refractivity contribution in [3.63, 3.8) is 0 Å². The monoisotopic (exact) mass is 464 g/mol. The Morgan fingerprint density at radius 1 is 1.10 bits per heavy atom. The minimum Gasteiger partial charge on any atom is -0.481 e. The molecule has 1 aliphatic heterocycles. The molecule has 8 heteroatoms. The van der Waals surface area contributed by atoms with Crippen LogP contribution in [0.25, 0.3) is 0 Å². The maximum absolute atomic E-state index is 12.7. The zero-order chi connectivity index (χ0) is 22.5. The Morgan fingerprint density at radius 2 is 1.68 bits per heavy atom. The molecule has 166 valence electrons. The fourth-order valence-corrected chi connectivity index (χ4v) is 3.98. The van der Waals surface area contributed by atoms with Crippen molar-refractivity contribution in [3.8, 4) is 5.75 Å². The number of amides is 2. The topological polar surface area (TPSA) is 67.9 Å². The van der Waals surface area contributed by atoms with Crippen LogP contribution < -0.4 is 10.1 Å². The third-order valence-electron chi connectivity index (χ3n) is 4.89. The van der Waals surface area contributed by atoms with E-state index in [2.05, 4.69) is 5.32 Å². The first-order chi connectivity index (χ1) is 14.7. The lowest BCUT2D eigenvalue weighted by Crippen LogP contribution is -2.48. The first-order valence-corrected chi connectivity index (χ1v) is 10.9. The van der Waals surface area contributed by atoms with Crippen molar-refractivity contribution in [2.45, 2.75) is 45.6 Å². The second kappa shape index (κ2) is 10.4. The van der Waals surface area contributed by atoms with Gasteiger partial charge in [0.1, 0.15) is 5.75 Å². The van der Waals surface area contributed by atoms with Crippen LogP contribution in [-0.2, 0) is 16.1 Å². The first kappa shape index (κ1) is 23.4. The second-order valence-corrected chi connectivity index (χ2v) is 8.62. The summed E-state index contributed by atoms with van der Waals surface area (Å²) in [5.41, 5.74) is 1.50. The molecule has 2 aromatic carbocycles. The fourth-order valence-electron chi connectivity index (χ4n) is 3.48. The van der Waals surface area contributed by atoms with Crippen LogP contribution in [0.2, 0.25) is 10.0 Å². The minimum atomic E-state index is -0.722. The smallest absolute Gasteiger partial charge is 0.261 e. The van der Waals surface area contributed by atoms with Crippen LogP contribution in [0.4, 0.5) is 0 Å². The second-order valence-electron chi connectivity index (χ2n) is 7.75. The van der Waals surface area contributed by atoms with Gasteiger partial charge in [0, 0.05) is 35.2 Å². The van der Waals surface area contributed by atoms with Crippen LogP contribution in [0, 0.1) is 0 Å². The summed E-state index contributed by atoms with van der Waals surface area (Å²) in [7, 11) is 0. The van der Waals surface area contributed by atoms with Crippen LogP contribution in [0.15, 0.2) is 42.5 Å². The van der Waals surface area contributed by atoms with Gasteiger partial charge in [-0.25, -0.2) is 0 Å². The Kier molecular flexibility index (Phi) is 7.81. The van der Waals surface area contributed by atoms with Crippen LogP contribution in [0.5, 0.6) is 5.75 Å². The lowest BCUT2D eigenvalue weighted by molar-refractivity contribution is -0.127. The number of rotatable bonds is 6. The molecule has 0 aromatic heterocycles. The summed E-state index contributed by atoms with van der Waals surface area (Å²) in [5, 5.41) is 3.70. The Hall–Kier alpha value is -2.28. The van der Waals surface area contributed by atoms with Crippen molar-refractivity contribution in [1.82, 2.24) is 10.2 Å².